The van der Waals surface area contributed by atoms with Crippen LogP contribution in [0, 0.1) is 0 Å². The van der Waals surface area contributed by atoms with Crippen LogP contribution in [0.5, 0.6) is 0 Å². The normalized spacial score (nSPS) is 9.20. The van der Waals surface area contributed by atoms with Gasteiger partial charge in [-0.2, -0.15) is 0 Å². The maximum atomic E-state index is 11.0. The molecule has 0 saturated heterocycles. The van der Waals surface area contributed by atoms with E-state index in [1.807, 2.05) is 0 Å². The monoisotopic (exact) mass is 135 g/mol. The van der Waals surface area contributed by atoms with Crippen molar-refractivity contribution in [2.45, 2.75) is 6.42 Å². The third-order valence-corrected chi connectivity index (χ3v) is 1.23. The third-order valence-electron chi connectivity index (χ3n) is 1.23. The van der Waals surface area contributed by atoms with E-state index in [0.717, 1.165) is 0 Å². The molecule has 52 valence electrons. The Morgan fingerprint density at radius 2 is 2.60 bits per heavy atom. The molecule has 0 saturated carbocycles. The fourth-order valence-corrected chi connectivity index (χ4v) is 0.745. The third kappa shape index (κ3) is 1.35. The van der Waals surface area contributed by atoms with Crippen molar-refractivity contribution in [3.05, 3.63) is 36.7 Å². The van der Waals surface area contributed by atoms with Gasteiger partial charge in [0.15, 0.2) is 5.78 Å². The van der Waals surface area contributed by atoms with Crippen molar-refractivity contribution in [2.75, 3.05) is 0 Å². The predicted octanol–water partition coefficient (Wildman–Crippen LogP) is 1.77. The van der Waals surface area contributed by atoms with Crippen LogP contribution in [0.15, 0.2) is 31.0 Å². The average molecular weight is 135 g/mol. The largest absolute Gasteiger partial charge is 0.359 e. The van der Waals surface area contributed by atoms with E-state index in [0.29, 0.717) is 12.1 Å². The zero-order valence-electron chi connectivity index (χ0n) is 5.63. The topological polar surface area (TPSA) is 32.9 Å². The highest BCUT2D eigenvalue weighted by Gasteiger charge is 2.01. The molecule has 0 aliphatic rings. The van der Waals surface area contributed by atoms with Gasteiger partial charge in [-0.1, -0.05) is 6.08 Å². The smallest absolute Gasteiger partial charge is 0.182 e. The number of Topliss-reactive ketones (excluding diaryl/α,β-unsaturated/α-hetero) is 1. The molecule has 0 aliphatic heterocycles. The Labute approximate surface area is 59.6 Å². The number of aromatic nitrogens is 1. The lowest BCUT2D eigenvalue weighted by molar-refractivity contribution is 0.0992. The van der Waals surface area contributed by atoms with Crippen LogP contribution in [-0.4, -0.2) is 10.8 Å². The molecule has 2 nitrogen and oxygen atoms in total. The molecule has 0 amide bonds. The van der Waals surface area contributed by atoms with Gasteiger partial charge in [0.25, 0.3) is 0 Å². The number of hydrogen-bond donors (Lipinski definition) is 1. The summed E-state index contributed by atoms with van der Waals surface area (Å²) in [5.41, 5.74) is 0.653. The summed E-state index contributed by atoms with van der Waals surface area (Å²) < 4.78 is 0. The Bertz CT molecular complexity index is 223. The molecule has 0 radical (unpaired) electrons. The second-order valence-corrected chi connectivity index (χ2v) is 2.00. The van der Waals surface area contributed by atoms with Crippen molar-refractivity contribution in [3.63, 3.8) is 0 Å². The number of carbonyl (C=O) groups excluding carboxylic acids is 1. The SMILES string of the molecule is C=CCC(=O)c1ccc[nH]1. The van der Waals surface area contributed by atoms with Crippen LogP contribution < -0.4 is 0 Å². The van der Waals surface area contributed by atoms with Crippen LogP contribution in [0.1, 0.15) is 16.9 Å². The van der Waals surface area contributed by atoms with Crippen molar-refractivity contribution >= 4 is 5.78 Å². The van der Waals surface area contributed by atoms with Gasteiger partial charge in [-0.05, 0) is 12.1 Å². The van der Waals surface area contributed by atoms with E-state index >= 15 is 0 Å². The lowest BCUT2D eigenvalue weighted by Crippen LogP contribution is -1.95. The van der Waals surface area contributed by atoms with Gasteiger partial charge in [-0.25, -0.2) is 0 Å². The molecule has 1 aromatic rings. The summed E-state index contributed by atoms with van der Waals surface area (Å²) in [5.74, 6) is 0.0833. The van der Waals surface area contributed by atoms with E-state index in [1.165, 1.54) is 0 Å². The van der Waals surface area contributed by atoms with E-state index in [9.17, 15) is 4.79 Å². The molecule has 1 aromatic heterocycles. The van der Waals surface area contributed by atoms with Gasteiger partial charge in [0.05, 0.1) is 5.69 Å². The number of aromatic amines is 1. The standard InChI is InChI=1S/C8H9NO/c1-2-4-8(10)7-5-3-6-9-7/h2-3,5-6,9H,1,4H2. The fourth-order valence-electron chi connectivity index (χ4n) is 0.745. The summed E-state index contributed by atoms with van der Waals surface area (Å²) in [6.07, 6.45) is 3.74. The fraction of sp³-hybridized carbons (Fsp3) is 0.125. The highest BCUT2D eigenvalue weighted by molar-refractivity contribution is 5.95. The van der Waals surface area contributed by atoms with Gasteiger partial charge in [0.1, 0.15) is 0 Å². The van der Waals surface area contributed by atoms with Gasteiger partial charge < -0.3 is 4.98 Å². The molecule has 0 aliphatic carbocycles. The summed E-state index contributed by atoms with van der Waals surface area (Å²) >= 11 is 0. The summed E-state index contributed by atoms with van der Waals surface area (Å²) in [6, 6.07) is 3.56. The zero-order chi connectivity index (χ0) is 7.40. The Morgan fingerprint density at radius 3 is 3.10 bits per heavy atom. The molecule has 2 heteroatoms. The molecule has 10 heavy (non-hydrogen) atoms. The number of hydrogen-bond acceptors (Lipinski definition) is 1. The van der Waals surface area contributed by atoms with E-state index in [-0.39, 0.29) is 5.78 Å². The summed E-state index contributed by atoms with van der Waals surface area (Å²) in [5, 5.41) is 0. The summed E-state index contributed by atoms with van der Waals surface area (Å²) in [4.78, 5) is 13.8. The molecular formula is C8H9NO. The van der Waals surface area contributed by atoms with Crippen molar-refractivity contribution in [1.82, 2.24) is 4.98 Å². The predicted molar refractivity (Wildman–Crippen MR) is 39.9 cm³/mol. The molecule has 0 unspecified atom stereocenters. The number of ketones is 1. The summed E-state index contributed by atoms with van der Waals surface area (Å²) in [6.45, 7) is 3.48. The molecule has 1 heterocycles. The number of nitrogens with one attached hydrogen (secondary N) is 1. The Kier molecular flexibility index (Phi) is 2.05. The van der Waals surface area contributed by atoms with Crippen molar-refractivity contribution in [3.8, 4) is 0 Å². The number of carbonyl (C=O) groups is 1. The molecule has 0 aromatic carbocycles. The zero-order valence-corrected chi connectivity index (χ0v) is 5.63. The maximum absolute atomic E-state index is 11.0. The first-order chi connectivity index (χ1) is 4.84. The first-order valence-electron chi connectivity index (χ1n) is 3.12. The van der Waals surface area contributed by atoms with Crippen molar-refractivity contribution in [1.29, 1.82) is 0 Å². The van der Waals surface area contributed by atoms with Gasteiger partial charge in [0, 0.05) is 12.6 Å². The molecule has 0 spiro atoms. The molecule has 1 rings (SSSR count). The highest BCUT2D eigenvalue weighted by atomic mass is 16.1. The molecular weight excluding hydrogens is 126 g/mol. The Balaban J connectivity index is 2.68. The minimum absolute atomic E-state index is 0.0833. The van der Waals surface area contributed by atoms with Gasteiger partial charge in [-0.3, -0.25) is 4.79 Å². The number of rotatable bonds is 3. The lowest BCUT2D eigenvalue weighted by Gasteiger charge is -1.89. The second kappa shape index (κ2) is 3.01. The first kappa shape index (κ1) is 6.81. The minimum Gasteiger partial charge on any atom is -0.359 e. The van der Waals surface area contributed by atoms with Crippen LogP contribution in [-0.2, 0) is 0 Å². The molecule has 0 fully saturated rings. The van der Waals surface area contributed by atoms with Gasteiger partial charge >= 0.3 is 0 Å². The van der Waals surface area contributed by atoms with Crippen LogP contribution in [0.4, 0.5) is 0 Å². The van der Waals surface area contributed by atoms with Crippen molar-refractivity contribution < 1.29 is 4.79 Å². The Morgan fingerprint density at radius 1 is 1.80 bits per heavy atom. The second-order valence-electron chi connectivity index (χ2n) is 2.00. The lowest BCUT2D eigenvalue weighted by atomic mass is 10.2. The first-order valence-corrected chi connectivity index (χ1v) is 3.12. The van der Waals surface area contributed by atoms with Crippen LogP contribution in [0.3, 0.4) is 0 Å². The van der Waals surface area contributed by atoms with Crippen LogP contribution >= 0.6 is 0 Å². The highest BCUT2D eigenvalue weighted by Crippen LogP contribution is 1.99. The van der Waals surface area contributed by atoms with Crippen molar-refractivity contribution in [2.24, 2.45) is 0 Å². The maximum Gasteiger partial charge on any atom is 0.182 e. The number of H-pyrrole nitrogens is 1. The quantitative estimate of drug-likeness (QED) is 0.497. The van der Waals surface area contributed by atoms with E-state index < -0.39 is 0 Å². The van der Waals surface area contributed by atoms with E-state index in [4.69, 9.17) is 0 Å². The minimum atomic E-state index is 0.0833. The van der Waals surface area contributed by atoms with Crippen LogP contribution in [0.25, 0.3) is 0 Å². The summed E-state index contributed by atoms with van der Waals surface area (Å²) in [7, 11) is 0. The Hall–Kier alpha value is -1.31. The average Bonchev–Trinajstić information content (AvgIpc) is 2.38. The van der Waals surface area contributed by atoms with Gasteiger partial charge in [0.2, 0.25) is 0 Å². The van der Waals surface area contributed by atoms with E-state index in [2.05, 4.69) is 11.6 Å². The molecule has 0 bridgehead atoms. The van der Waals surface area contributed by atoms with E-state index in [1.54, 1.807) is 24.4 Å². The van der Waals surface area contributed by atoms with Gasteiger partial charge in [-0.15, -0.1) is 6.58 Å². The molecule has 0 atom stereocenters. The molecule has 1 N–H and O–H groups in total. The van der Waals surface area contributed by atoms with Crippen LogP contribution in [0.2, 0.25) is 0 Å². The number of allylic oxidation sites excluding steroid dienone is 1.